The highest BCUT2D eigenvalue weighted by Gasteiger charge is 2.49. The number of hydrogen-bond acceptors (Lipinski definition) is 7. The van der Waals surface area contributed by atoms with Crippen LogP contribution in [-0.4, -0.2) is 41.2 Å². The summed E-state index contributed by atoms with van der Waals surface area (Å²) in [4.78, 5) is 31.5. The van der Waals surface area contributed by atoms with Crippen LogP contribution in [0.5, 0.6) is 11.5 Å². The zero-order chi connectivity index (χ0) is 23.2. The predicted molar refractivity (Wildman–Crippen MR) is 118 cm³/mol. The highest BCUT2D eigenvalue weighted by molar-refractivity contribution is 6.07. The van der Waals surface area contributed by atoms with Crippen LogP contribution in [0.3, 0.4) is 0 Å². The lowest BCUT2D eigenvalue weighted by atomic mass is 9.90. The highest BCUT2D eigenvalue weighted by Crippen LogP contribution is 2.34. The van der Waals surface area contributed by atoms with Crippen LogP contribution in [0.4, 0.5) is 4.79 Å². The molecule has 9 nitrogen and oxygen atoms in total. The molecule has 0 radical (unpaired) electrons. The first-order valence-electron chi connectivity index (χ1n) is 10.7. The Labute approximate surface area is 190 Å². The van der Waals surface area contributed by atoms with Crippen molar-refractivity contribution in [2.45, 2.75) is 38.3 Å². The first-order chi connectivity index (χ1) is 15.9. The molecule has 33 heavy (non-hydrogen) atoms. The van der Waals surface area contributed by atoms with Crippen molar-refractivity contribution in [2.24, 2.45) is 0 Å². The lowest BCUT2D eigenvalue weighted by Crippen LogP contribution is -2.41. The normalized spacial score (nSPS) is 19.5. The van der Waals surface area contributed by atoms with Gasteiger partial charge in [-0.1, -0.05) is 23.4 Å². The molecule has 3 aromatic rings. The Kier molecular flexibility index (Phi) is 5.03. The molecular formula is C24H24N4O5. The van der Waals surface area contributed by atoms with Gasteiger partial charge in [-0.3, -0.25) is 9.69 Å². The molecule has 2 heterocycles. The minimum Gasteiger partial charge on any atom is -0.497 e. The largest absolute Gasteiger partial charge is 0.497 e. The lowest BCUT2D eigenvalue weighted by molar-refractivity contribution is -0.131. The summed E-state index contributed by atoms with van der Waals surface area (Å²) in [6.07, 6.45) is 3.16. The van der Waals surface area contributed by atoms with Gasteiger partial charge in [0, 0.05) is 6.07 Å². The number of hydrogen-bond donors (Lipinski definition) is 1. The molecule has 0 saturated carbocycles. The van der Waals surface area contributed by atoms with Gasteiger partial charge in [-0.15, -0.1) is 0 Å². The fraction of sp³-hybridized carbons (Fsp3) is 0.333. The fourth-order valence-corrected chi connectivity index (χ4v) is 4.47. The summed E-state index contributed by atoms with van der Waals surface area (Å²) in [5, 5.41) is 6.84. The van der Waals surface area contributed by atoms with E-state index in [1.807, 2.05) is 12.1 Å². The molecule has 2 aliphatic rings. The number of aromatic nitrogens is 2. The molecule has 0 bridgehead atoms. The van der Waals surface area contributed by atoms with Crippen molar-refractivity contribution in [3.05, 3.63) is 59.0 Å². The summed E-state index contributed by atoms with van der Waals surface area (Å²) in [7, 11) is 3.10. The highest BCUT2D eigenvalue weighted by atomic mass is 16.5. The van der Waals surface area contributed by atoms with Crippen LogP contribution >= 0.6 is 0 Å². The number of nitrogens with one attached hydrogen (secondary N) is 1. The van der Waals surface area contributed by atoms with E-state index in [0.717, 1.165) is 29.7 Å². The number of carbonyl (C=O) groups is 2. The second-order valence-corrected chi connectivity index (χ2v) is 8.36. The number of ether oxygens (including phenoxy) is 2. The van der Waals surface area contributed by atoms with Gasteiger partial charge < -0.3 is 19.3 Å². The molecule has 3 amide bonds. The van der Waals surface area contributed by atoms with Crippen LogP contribution < -0.4 is 14.8 Å². The molecule has 5 rings (SSSR count). The Hall–Kier alpha value is -3.88. The van der Waals surface area contributed by atoms with Crippen LogP contribution in [0.25, 0.3) is 11.4 Å². The number of carbonyl (C=O) groups excluding carboxylic acids is 2. The van der Waals surface area contributed by atoms with Gasteiger partial charge in [0.2, 0.25) is 11.7 Å². The maximum atomic E-state index is 13.3. The zero-order valence-electron chi connectivity index (χ0n) is 18.7. The topological polar surface area (TPSA) is 107 Å². The molecule has 9 heteroatoms. The summed E-state index contributed by atoms with van der Waals surface area (Å²) in [6.45, 7) is 1.60. The summed E-state index contributed by atoms with van der Waals surface area (Å²) in [6, 6.07) is 10.7. The van der Waals surface area contributed by atoms with Gasteiger partial charge in [0.05, 0.1) is 19.8 Å². The molecule has 1 fully saturated rings. The summed E-state index contributed by atoms with van der Waals surface area (Å²) < 4.78 is 16.0. The smallest absolute Gasteiger partial charge is 0.325 e. The van der Waals surface area contributed by atoms with E-state index in [1.165, 1.54) is 18.2 Å². The van der Waals surface area contributed by atoms with Gasteiger partial charge in [-0.25, -0.2) is 4.79 Å². The van der Waals surface area contributed by atoms with E-state index in [2.05, 4.69) is 21.5 Å². The minimum atomic E-state index is -1.14. The maximum Gasteiger partial charge on any atom is 0.325 e. The van der Waals surface area contributed by atoms with Crippen molar-refractivity contribution in [1.82, 2.24) is 20.4 Å². The number of rotatable bonds is 6. The molecule has 1 N–H and O–H groups in total. The van der Waals surface area contributed by atoms with E-state index in [9.17, 15) is 9.59 Å². The van der Waals surface area contributed by atoms with E-state index in [0.29, 0.717) is 17.1 Å². The maximum absolute atomic E-state index is 13.3. The number of aryl methyl sites for hydroxylation is 2. The standard InChI is InChI=1S/C24H24N4O5/c1-24(16-8-7-14-5-4-6-15(14)11-16)22(29)28(23(30)26-24)13-20-25-21(27-33-20)18-10-9-17(31-2)12-19(18)32-3/h7-12H,4-6,13H2,1-3H3,(H,26,30). The van der Waals surface area contributed by atoms with Crippen LogP contribution in [-0.2, 0) is 29.7 Å². The number of methoxy groups -OCH3 is 2. The predicted octanol–water partition coefficient (Wildman–Crippen LogP) is 3.21. The molecule has 1 atom stereocenters. The van der Waals surface area contributed by atoms with E-state index >= 15 is 0 Å². The molecule has 1 saturated heterocycles. The molecule has 170 valence electrons. The van der Waals surface area contributed by atoms with E-state index in [-0.39, 0.29) is 24.2 Å². The van der Waals surface area contributed by atoms with Gasteiger partial charge in [0.1, 0.15) is 23.6 Å². The summed E-state index contributed by atoms with van der Waals surface area (Å²) in [5.74, 6) is 1.22. The zero-order valence-corrected chi connectivity index (χ0v) is 18.7. The van der Waals surface area contributed by atoms with E-state index in [4.69, 9.17) is 14.0 Å². The Bertz CT molecular complexity index is 1250. The number of amides is 3. The SMILES string of the molecule is COc1ccc(-c2noc(CN3C(=O)NC(C)(c4ccc5c(c4)CCC5)C3=O)n2)c(OC)c1. The van der Waals surface area contributed by atoms with Crippen molar-refractivity contribution in [2.75, 3.05) is 14.2 Å². The van der Waals surface area contributed by atoms with Crippen molar-refractivity contribution >= 4 is 11.9 Å². The van der Waals surface area contributed by atoms with Gasteiger partial charge in [-0.2, -0.15) is 4.98 Å². The first-order valence-corrected chi connectivity index (χ1v) is 10.7. The van der Waals surface area contributed by atoms with Crippen LogP contribution in [0, 0.1) is 0 Å². The Morgan fingerprint density at radius 3 is 2.70 bits per heavy atom. The Morgan fingerprint density at radius 2 is 1.91 bits per heavy atom. The van der Waals surface area contributed by atoms with E-state index in [1.54, 1.807) is 32.2 Å². The van der Waals surface area contributed by atoms with E-state index < -0.39 is 11.6 Å². The first kappa shape index (κ1) is 21.0. The van der Waals surface area contributed by atoms with Crippen molar-refractivity contribution in [1.29, 1.82) is 0 Å². The molecule has 2 aromatic carbocycles. The van der Waals surface area contributed by atoms with Gasteiger partial charge in [-0.05, 0) is 55.0 Å². The summed E-state index contributed by atoms with van der Waals surface area (Å²) >= 11 is 0. The minimum absolute atomic E-state index is 0.128. The number of fused-ring (bicyclic) bond motifs is 1. The summed E-state index contributed by atoms with van der Waals surface area (Å²) in [5.41, 5.74) is 2.79. The third kappa shape index (κ3) is 3.49. The van der Waals surface area contributed by atoms with Crippen LogP contribution in [0.1, 0.15) is 35.9 Å². The van der Waals surface area contributed by atoms with Crippen molar-refractivity contribution < 1.29 is 23.6 Å². The fourth-order valence-electron chi connectivity index (χ4n) is 4.47. The van der Waals surface area contributed by atoms with Crippen LogP contribution in [0.2, 0.25) is 0 Å². The third-order valence-electron chi connectivity index (χ3n) is 6.36. The van der Waals surface area contributed by atoms with Crippen LogP contribution in [0.15, 0.2) is 40.9 Å². The average Bonchev–Trinajstić information content (AvgIpc) is 3.54. The Morgan fingerprint density at radius 1 is 1.09 bits per heavy atom. The molecular weight excluding hydrogens is 424 g/mol. The second-order valence-electron chi connectivity index (χ2n) is 8.36. The number of imide groups is 1. The Balaban J connectivity index is 1.38. The number of urea groups is 1. The third-order valence-corrected chi connectivity index (χ3v) is 6.36. The molecule has 1 aromatic heterocycles. The molecule has 1 unspecified atom stereocenters. The quantitative estimate of drug-likeness (QED) is 0.577. The molecule has 1 aliphatic heterocycles. The number of benzene rings is 2. The monoisotopic (exact) mass is 448 g/mol. The van der Waals surface area contributed by atoms with Gasteiger partial charge in [0.15, 0.2) is 0 Å². The van der Waals surface area contributed by atoms with Crippen molar-refractivity contribution in [3.8, 4) is 22.9 Å². The van der Waals surface area contributed by atoms with Gasteiger partial charge >= 0.3 is 6.03 Å². The molecule has 1 aliphatic carbocycles. The second kappa shape index (κ2) is 7.91. The average molecular weight is 448 g/mol. The van der Waals surface area contributed by atoms with Gasteiger partial charge in [0.25, 0.3) is 5.91 Å². The lowest BCUT2D eigenvalue weighted by Gasteiger charge is -2.22. The number of nitrogens with zero attached hydrogens (tertiary/aromatic N) is 3. The molecule has 0 spiro atoms. The van der Waals surface area contributed by atoms with Crippen molar-refractivity contribution in [3.63, 3.8) is 0 Å².